The number of amides is 2. The van der Waals surface area contributed by atoms with E-state index in [1.165, 1.54) is 9.58 Å². The number of aromatic nitrogens is 3. The predicted molar refractivity (Wildman–Crippen MR) is 137 cm³/mol. The molecule has 0 aliphatic carbocycles. The van der Waals surface area contributed by atoms with Crippen LogP contribution in [-0.4, -0.2) is 26.5 Å². The molecule has 0 saturated heterocycles. The van der Waals surface area contributed by atoms with E-state index < -0.39 is 11.8 Å². The lowest BCUT2D eigenvalue weighted by atomic mass is 10.0. The maximum absolute atomic E-state index is 13.9. The van der Waals surface area contributed by atoms with Crippen LogP contribution in [0.4, 0.5) is 0 Å². The number of carbonyl (C=O) groups is 2. The Bertz CT molecular complexity index is 1530. The third-order valence-electron chi connectivity index (χ3n) is 6.44. The number of aryl methyl sites for hydroxylation is 2. The molecule has 0 unspecified atom stereocenters. The number of nitrogens with zero attached hydrogens (tertiary/aromatic N) is 3. The van der Waals surface area contributed by atoms with Crippen LogP contribution in [0.5, 0.6) is 0 Å². The zero-order valence-electron chi connectivity index (χ0n) is 20.3. The van der Waals surface area contributed by atoms with Gasteiger partial charge < -0.3 is 0 Å². The number of aromatic amines is 1. The van der Waals surface area contributed by atoms with Gasteiger partial charge in [0.15, 0.2) is 12.4 Å². The fourth-order valence-corrected chi connectivity index (χ4v) is 4.57. The molecule has 0 bridgehead atoms. The highest BCUT2D eigenvalue weighted by Crippen LogP contribution is 2.31. The lowest BCUT2D eigenvalue weighted by Gasteiger charge is -2.13. The molecule has 36 heavy (non-hydrogen) atoms. The van der Waals surface area contributed by atoms with Gasteiger partial charge in [0.05, 0.1) is 17.8 Å². The number of para-hydroxylation sites is 1. The Morgan fingerprint density at radius 2 is 1.44 bits per heavy atom. The van der Waals surface area contributed by atoms with Crippen molar-refractivity contribution in [3.8, 4) is 5.69 Å². The number of hydrogen-bond donors (Lipinski definition) is 1. The second kappa shape index (κ2) is 9.62. The van der Waals surface area contributed by atoms with Gasteiger partial charge in [-0.05, 0) is 36.6 Å². The van der Waals surface area contributed by atoms with Crippen LogP contribution < -0.4 is 10.1 Å². The molecule has 0 atom stereocenters. The van der Waals surface area contributed by atoms with Gasteiger partial charge >= 0.3 is 5.91 Å². The fraction of sp³-hybridized carbons (Fsp3) is 0.172. The number of hydrogen-bond acceptors (Lipinski definition) is 3. The molecule has 7 heteroatoms. The van der Waals surface area contributed by atoms with E-state index in [9.17, 15) is 14.4 Å². The zero-order chi connectivity index (χ0) is 25.2. The normalized spacial score (nSPS) is 13.7. The van der Waals surface area contributed by atoms with E-state index in [1.54, 1.807) is 10.8 Å². The molecule has 3 heterocycles. The Morgan fingerprint density at radius 1 is 0.778 bits per heavy atom. The number of benzene rings is 2. The molecule has 1 aliphatic rings. The van der Waals surface area contributed by atoms with Crippen molar-refractivity contribution in [1.82, 2.24) is 14.7 Å². The minimum absolute atomic E-state index is 0.123. The van der Waals surface area contributed by atoms with Crippen LogP contribution in [-0.2, 0) is 29.0 Å². The number of nitrogens with one attached hydrogen (secondary N) is 1. The molecule has 1 aliphatic heterocycles. The molecule has 0 radical (unpaired) electrons. The van der Waals surface area contributed by atoms with Gasteiger partial charge in [-0.25, -0.2) is 4.68 Å². The summed E-state index contributed by atoms with van der Waals surface area (Å²) in [6.07, 6.45) is 4.85. The van der Waals surface area contributed by atoms with Gasteiger partial charge in [-0.2, -0.15) is 4.57 Å². The summed E-state index contributed by atoms with van der Waals surface area (Å²) in [6.45, 7) is 4.06. The summed E-state index contributed by atoms with van der Waals surface area (Å²) in [6, 6.07) is 22.4. The van der Waals surface area contributed by atoms with Crippen molar-refractivity contribution in [2.45, 2.75) is 33.2 Å². The summed E-state index contributed by atoms with van der Waals surface area (Å²) in [7, 11) is 0. The van der Waals surface area contributed by atoms with Crippen LogP contribution in [0.3, 0.4) is 0 Å². The standard InChI is InChI=1S/C29H26N4O3/c1-3-20-14-11-17-31(18-20)26-25(27(34)32(29(26)36)19-21-12-7-5-8-13-21)24-23(4-2)30-33(28(24)35)22-15-9-6-10-16-22/h5-18H,3-4,19H2,1-2H3/p+1. The van der Waals surface area contributed by atoms with E-state index >= 15 is 0 Å². The average molecular weight is 480 g/mol. The Hall–Kier alpha value is -4.52. The summed E-state index contributed by atoms with van der Waals surface area (Å²) in [4.78, 5) is 42.7. The maximum atomic E-state index is 13.9. The van der Waals surface area contributed by atoms with Crippen molar-refractivity contribution >= 4 is 23.1 Å². The monoisotopic (exact) mass is 479 g/mol. The zero-order valence-corrected chi connectivity index (χ0v) is 20.3. The highest BCUT2D eigenvalue weighted by molar-refractivity contribution is 6.44. The Balaban J connectivity index is 1.73. The van der Waals surface area contributed by atoms with Crippen LogP contribution in [0.1, 0.15) is 36.2 Å². The second-order valence-electron chi connectivity index (χ2n) is 8.67. The molecule has 180 valence electrons. The number of carbonyl (C=O) groups excluding carboxylic acids is 2. The van der Waals surface area contributed by atoms with Crippen LogP contribution >= 0.6 is 0 Å². The van der Waals surface area contributed by atoms with Crippen LogP contribution in [0.15, 0.2) is 90.0 Å². The first-order valence-electron chi connectivity index (χ1n) is 12.1. The van der Waals surface area contributed by atoms with Crippen molar-refractivity contribution in [3.05, 3.63) is 118 Å². The van der Waals surface area contributed by atoms with E-state index in [4.69, 9.17) is 0 Å². The quantitative estimate of drug-likeness (QED) is 0.325. The maximum Gasteiger partial charge on any atom is 0.327 e. The number of imide groups is 1. The third-order valence-corrected chi connectivity index (χ3v) is 6.44. The lowest BCUT2D eigenvalue weighted by molar-refractivity contribution is -0.577. The van der Waals surface area contributed by atoms with Crippen molar-refractivity contribution < 1.29 is 14.2 Å². The Morgan fingerprint density at radius 3 is 2.11 bits per heavy atom. The Kier molecular flexibility index (Phi) is 6.21. The Labute approximate surface area is 208 Å². The van der Waals surface area contributed by atoms with Crippen molar-refractivity contribution in [1.29, 1.82) is 0 Å². The summed E-state index contributed by atoms with van der Waals surface area (Å²) < 4.78 is 3.11. The first kappa shape index (κ1) is 23.2. The summed E-state index contributed by atoms with van der Waals surface area (Å²) >= 11 is 0. The van der Waals surface area contributed by atoms with E-state index in [2.05, 4.69) is 5.10 Å². The van der Waals surface area contributed by atoms with Crippen molar-refractivity contribution in [2.24, 2.45) is 0 Å². The molecule has 2 amide bonds. The van der Waals surface area contributed by atoms with Gasteiger partial charge in [-0.1, -0.05) is 62.4 Å². The largest absolute Gasteiger partial charge is 0.327 e. The van der Waals surface area contributed by atoms with Gasteiger partial charge in [-0.3, -0.25) is 24.4 Å². The topological polar surface area (TPSA) is 79.1 Å². The van der Waals surface area contributed by atoms with Crippen LogP contribution in [0.2, 0.25) is 0 Å². The van der Waals surface area contributed by atoms with Gasteiger partial charge in [0.1, 0.15) is 5.57 Å². The van der Waals surface area contributed by atoms with E-state index in [1.807, 2.05) is 92.8 Å². The van der Waals surface area contributed by atoms with E-state index in [0.717, 1.165) is 17.5 Å². The average Bonchev–Trinajstić information content (AvgIpc) is 3.37. The van der Waals surface area contributed by atoms with E-state index in [-0.39, 0.29) is 28.9 Å². The van der Waals surface area contributed by atoms with Gasteiger partial charge in [0.25, 0.3) is 17.2 Å². The van der Waals surface area contributed by atoms with Crippen molar-refractivity contribution in [2.75, 3.05) is 0 Å². The van der Waals surface area contributed by atoms with Crippen LogP contribution in [0, 0.1) is 0 Å². The van der Waals surface area contributed by atoms with Gasteiger partial charge in [0.2, 0.25) is 0 Å². The molecular weight excluding hydrogens is 452 g/mol. The minimum atomic E-state index is -0.473. The number of pyridine rings is 1. The molecule has 7 nitrogen and oxygen atoms in total. The molecule has 0 spiro atoms. The van der Waals surface area contributed by atoms with E-state index in [0.29, 0.717) is 17.8 Å². The SMILES string of the molecule is CCc1ccc[n+](C2=C(c3c(CC)[nH]n(-c4ccccc4)c3=O)C(=O)N(Cc3ccccc3)C2=O)c1. The molecule has 4 aromatic rings. The summed E-state index contributed by atoms with van der Waals surface area (Å²) in [5, 5.41) is 3.17. The van der Waals surface area contributed by atoms with Gasteiger partial charge in [0, 0.05) is 17.3 Å². The lowest BCUT2D eigenvalue weighted by Crippen LogP contribution is -2.39. The van der Waals surface area contributed by atoms with Crippen molar-refractivity contribution in [3.63, 3.8) is 0 Å². The molecule has 2 aromatic heterocycles. The van der Waals surface area contributed by atoms with Gasteiger partial charge in [-0.15, -0.1) is 0 Å². The molecular formula is C29H27N4O3+. The smallest absolute Gasteiger partial charge is 0.294 e. The molecule has 2 aromatic carbocycles. The number of rotatable bonds is 7. The fourth-order valence-electron chi connectivity index (χ4n) is 4.57. The number of H-pyrrole nitrogens is 1. The first-order chi connectivity index (χ1) is 17.5. The molecule has 5 rings (SSSR count). The van der Waals surface area contributed by atoms with Crippen LogP contribution in [0.25, 0.3) is 17.0 Å². The minimum Gasteiger partial charge on any atom is -0.294 e. The summed E-state index contributed by atoms with van der Waals surface area (Å²) in [5.74, 6) is -0.898. The molecule has 0 fully saturated rings. The summed E-state index contributed by atoms with van der Waals surface area (Å²) in [5.41, 5.74) is 3.30. The molecule has 1 N–H and O–H groups in total. The highest BCUT2D eigenvalue weighted by atomic mass is 16.2. The third kappa shape index (κ3) is 3.98. The predicted octanol–water partition coefficient (Wildman–Crippen LogP) is 3.52. The second-order valence-corrected chi connectivity index (χ2v) is 8.67. The highest BCUT2D eigenvalue weighted by Gasteiger charge is 2.47. The first-order valence-corrected chi connectivity index (χ1v) is 12.1. The molecule has 0 saturated carbocycles.